The molecule has 1 aliphatic heterocycles. The zero-order valence-corrected chi connectivity index (χ0v) is 11.8. The van der Waals surface area contributed by atoms with Crippen molar-refractivity contribution in [2.75, 3.05) is 6.61 Å². The molecule has 1 aliphatic carbocycles. The van der Waals surface area contributed by atoms with E-state index in [0.717, 1.165) is 29.7 Å². The molecular formula is C15H15NO3S. The Morgan fingerprint density at radius 3 is 2.65 bits per heavy atom. The van der Waals surface area contributed by atoms with Gasteiger partial charge in [0.1, 0.15) is 6.61 Å². The normalized spacial score (nSPS) is 24.8. The highest BCUT2D eigenvalue weighted by Crippen LogP contribution is 2.40. The number of amides is 2. The number of carbonyl (C=O) groups excluding carboxylic acids is 2. The second-order valence-corrected chi connectivity index (χ2v) is 6.16. The SMILES string of the molecule is O=C1C2CCCC2C(=O)N1Cc1cc(C#CCO)cs1. The zero-order chi connectivity index (χ0) is 14.1. The number of carbonyl (C=O) groups is 2. The number of imide groups is 1. The molecule has 1 saturated heterocycles. The van der Waals surface area contributed by atoms with Crippen molar-refractivity contribution in [1.29, 1.82) is 0 Å². The summed E-state index contributed by atoms with van der Waals surface area (Å²) in [6.07, 6.45) is 2.69. The molecule has 1 aromatic heterocycles. The van der Waals surface area contributed by atoms with Crippen LogP contribution in [0.1, 0.15) is 29.7 Å². The number of hydrogen-bond acceptors (Lipinski definition) is 4. The number of fused-ring (bicyclic) bond motifs is 1. The van der Waals surface area contributed by atoms with Gasteiger partial charge < -0.3 is 5.11 Å². The van der Waals surface area contributed by atoms with Crippen molar-refractivity contribution in [1.82, 2.24) is 4.90 Å². The van der Waals surface area contributed by atoms with Crippen molar-refractivity contribution < 1.29 is 14.7 Å². The van der Waals surface area contributed by atoms with Crippen molar-refractivity contribution in [3.05, 3.63) is 21.9 Å². The van der Waals surface area contributed by atoms with Crippen molar-refractivity contribution in [3.63, 3.8) is 0 Å². The fraction of sp³-hybridized carbons (Fsp3) is 0.467. The second kappa shape index (κ2) is 5.39. The molecule has 4 nitrogen and oxygen atoms in total. The third-order valence-corrected chi connectivity index (χ3v) is 4.88. The summed E-state index contributed by atoms with van der Waals surface area (Å²) in [4.78, 5) is 26.8. The Labute approximate surface area is 121 Å². The van der Waals surface area contributed by atoms with Gasteiger partial charge in [-0.05, 0) is 18.9 Å². The van der Waals surface area contributed by atoms with E-state index in [-0.39, 0.29) is 30.3 Å². The van der Waals surface area contributed by atoms with Crippen LogP contribution < -0.4 is 0 Å². The molecule has 0 spiro atoms. The van der Waals surface area contributed by atoms with E-state index in [4.69, 9.17) is 5.11 Å². The van der Waals surface area contributed by atoms with Gasteiger partial charge in [-0.15, -0.1) is 11.3 Å². The number of likely N-dealkylation sites (tertiary alicyclic amines) is 1. The summed E-state index contributed by atoms with van der Waals surface area (Å²) in [5.41, 5.74) is 0.818. The average Bonchev–Trinajstić information content (AvgIpc) is 3.13. The molecule has 1 aromatic rings. The van der Waals surface area contributed by atoms with Crippen LogP contribution in [0.15, 0.2) is 11.4 Å². The number of thiophene rings is 1. The lowest BCUT2D eigenvalue weighted by Crippen LogP contribution is -2.30. The number of hydrogen-bond donors (Lipinski definition) is 1. The lowest BCUT2D eigenvalue weighted by molar-refractivity contribution is -0.140. The van der Waals surface area contributed by atoms with Gasteiger partial charge in [-0.25, -0.2) is 0 Å². The standard InChI is InChI=1S/C15H15NO3S/c17-6-2-3-10-7-11(20-9-10)8-16-14(18)12-4-1-5-13(12)15(16)19/h7,9,12-13,17H,1,4-6,8H2. The Morgan fingerprint density at radius 2 is 2.00 bits per heavy atom. The average molecular weight is 289 g/mol. The van der Waals surface area contributed by atoms with Gasteiger partial charge in [-0.2, -0.15) is 0 Å². The van der Waals surface area contributed by atoms with E-state index in [1.54, 1.807) is 0 Å². The van der Waals surface area contributed by atoms with E-state index in [2.05, 4.69) is 11.8 Å². The summed E-state index contributed by atoms with van der Waals surface area (Å²) in [6, 6.07) is 1.88. The van der Waals surface area contributed by atoms with Crippen LogP contribution in [0.4, 0.5) is 0 Å². The summed E-state index contributed by atoms with van der Waals surface area (Å²) in [5, 5.41) is 10.5. The molecule has 2 amide bonds. The van der Waals surface area contributed by atoms with Gasteiger partial charge in [0, 0.05) is 15.8 Å². The Balaban J connectivity index is 1.73. The minimum atomic E-state index is -0.169. The van der Waals surface area contributed by atoms with Crippen LogP contribution >= 0.6 is 11.3 Å². The fourth-order valence-corrected chi connectivity index (χ4v) is 3.85. The van der Waals surface area contributed by atoms with Crippen LogP contribution in [0.3, 0.4) is 0 Å². The van der Waals surface area contributed by atoms with Gasteiger partial charge in [0.05, 0.1) is 18.4 Å². The molecular weight excluding hydrogens is 274 g/mol. The minimum absolute atomic E-state index is 0.00566. The molecule has 3 rings (SSSR count). The number of aliphatic hydroxyl groups excluding tert-OH is 1. The topological polar surface area (TPSA) is 57.6 Å². The van der Waals surface area contributed by atoms with Crippen LogP contribution in [-0.2, 0) is 16.1 Å². The third kappa shape index (κ3) is 2.26. The number of rotatable bonds is 2. The van der Waals surface area contributed by atoms with Gasteiger partial charge in [0.15, 0.2) is 0 Å². The van der Waals surface area contributed by atoms with Crippen molar-refractivity contribution in [2.45, 2.75) is 25.8 Å². The van der Waals surface area contributed by atoms with Crippen molar-refractivity contribution >= 4 is 23.2 Å². The van der Waals surface area contributed by atoms with Crippen molar-refractivity contribution in [3.8, 4) is 11.8 Å². The highest BCUT2D eigenvalue weighted by Gasteiger charge is 2.49. The monoisotopic (exact) mass is 289 g/mol. The van der Waals surface area contributed by atoms with Gasteiger partial charge in [-0.1, -0.05) is 18.3 Å². The molecule has 20 heavy (non-hydrogen) atoms. The maximum Gasteiger partial charge on any atom is 0.233 e. The van der Waals surface area contributed by atoms with E-state index >= 15 is 0 Å². The Kier molecular flexibility index (Phi) is 3.60. The third-order valence-electron chi connectivity index (χ3n) is 3.96. The molecule has 2 unspecified atom stereocenters. The van der Waals surface area contributed by atoms with E-state index in [1.807, 2.05) is 11.4 Å². The number of nitrogens with zero attached hydrogens (tertiary/aromatic N) is 1. The van der Waals surface area contributed by atoms with Crippen LogP contribution in [0.2, 0.25) is 0 Å². The highest BCUT2D eigenvalue weighted by atomic mass is 32.1. The molecule has 5 heteroatoms. The van der Waals surface area contributed by atoms with E-state index in [0.29, 0.717) is 6.54 Å². The fourth-order valence-electron chi connectivity index (χ4n) is 3.04. The van der Waals surface area contributed by atoms with Crippen LogP contribution in [0.25, 0.3) is 0 Å². The molecule has 2 aliphatic rings. The van der Waals surface area contributed by atoms with Crippen LogP contribution in [0.5, 0.6) is 0 Å². The molecule has 2 heterocycles. The van der Waals surface area contributed by atoms with E-state index in [1.165, 1.54) is 16.2 Å². The van der Waals surface area contributed by atoms with Gasteiger partial charge >= 0.3 is 0 Å². The Morgan fingerprint density at radius 1 is 1.30 bits per heavy atom. The first kappa shape index (κ1) is 13.3. The molecule has 0 aromatic carbocycles. The van der Waals surface area contributed by atoms with Gasteiger partial charge in [-0.3, -0.25) is 14.5 Å². The summed E-state index contributed by atoms with van der Waals surface area (Å²) in [5.74, 6) is 5.25. The smallest absolute Gasteiger partial charge is 0.233 e. The summed E-state index contributed by atoms with van der Waals surface area (Å²) in [6.45, 7) is 0.188. The first-order chi connectivity index (χ1) is 9.70. The maximum atomic E-state index is 12.2. The molecule has 0 radical (unpaired) electrons. The maximum absolute atomic E-state index is 12.2. The summed E-state index contributed by atoms with van der Waals surface area (Å²) < 4.78 is 0. The number of aliphatic hydroxyl groups is 1. The first-order valence-corrected chi connectivity index (χ1v) is 7.61. The molecule has 2 fully saturated rings. The predicted octanol–water partition coefficient (Wildman–Crippen LogP) is 1.38. The van der Waals surface area contributed by atoms with Gasteiger partial charge in [0.2, 0.25) is 11.8 Å². The second-order valence-electron chi connectivity index (χ2n) is 5.17. The quantitative estimate of drug-likeness (QED) is 0.661. The molecule has 1 saturated carbocycles. The molecule has 2 atom stereocenters. The minimum Gasteiger partial charge on any atom is -0.384 e. The van der Waals surface area contributed by atoms with Crippen LogP contribution in [-0.4, -0.2) is 28.4 Å². The highest BCUT2D eigenvalue weighted by molar-refractivity contribution is 7.10. The molecule has 1 N–H and O–H groups in total. The first-order valence-electron chi connectivity index (χ1n) is 6.73. The Bertz CT molecular complexity index is 588. The predicted molar refractivity (Wildman–Crippen MR) is 74.7 cm³/mol. The molecule has 0 bridgehead atoms. The van der Waals surface area contributed by atoms with Crippen LogP contribution in [0, 0.1) is 23.7 Å². The van der Waals surface area contributed by atoms with E-state index < -0.39 is 0 Å². The summed E-state index contributed by atoms with van der Waals surface area (Å²) in [7, 11) is 0. The van der Waals surface area contributed by atoms with E-state index in [9.17, 15) is 9.59 Å². The van der Waals surface area contributed by atoms with Gasteiger partial charge in [0.25, 0.3) is 0 Å². The largest absolute Gasteiger partial charge is 0.384 e. The van der Waals surface area contributed by atoms with Crippen molar-refractivity contribution in [2.24, 2.45) is 11.8 Å². The lowest BCUT2D eigenvalue weighted by atomic mass is 10.00. The molecule has 104 valence electrons. The lowest BCUT2D eigenvalue weighted by Gasteiger charge is -2.14. The Hall–Kier alpha value is -1.64. The summed E-state index contributed by atoms with van der Waals surface area (Å²) >= 11 is 1.49. The zero-order valence-electron chi connectivity index (χ0n) is 11.0.